The van der Waals surface area contributed by atoms with Crippen molar-refractivity contribution in [2.45, 2.75) is 71.4 Å². The molecular weight excluding hydrogens is 196 g/mol. The average molecular weight is 226 g/mol. The molecule has 0 bridgehead atoms. The third-order valence-corrected chi connectivity index (χ3v) is 3.88. The Morgan fingerprint density at radius 2 is 1.94 bits per heavy atom. The number of nitrogens with two attached hydrogens (primary N) is 1. The van der Waals surface area contributed by atoms with Crippen LogP contribution < -0.4 is 11.1 Å². The van der Waals surface area contributed by atoms with Gasteiger partial charge in [0, 0.05) is 12.1 Å². The normalized spacial score (nSPS) is 27.6. The Morgan fingerprint density at radius 1 is 1.19 bits per heavy atom. The van der Waals surface area contributed by atoms with Gasteiger partial charge in [0.05, 0.1) is 0 Å². The van der Waals surface area contributed by atoms with E-state index in [1.54, 1.807) is 0 Å². The molecule has 0 aromatic heterocycles. The summed E-state index contributed by atoms with van der Waals surface area (Å²) >= 11 is 0. The predicted molar refractivity (Wildman–Crippen MR) is 71.5 cm³/mol. The van der Waals surface area contributed by atoms with Gasteiger partial charge in [-0.05, 0) is 44.6 Å². The summed E-state index contributed by atoms with van der Waals surface area (Å²) in [5, 5.41) is 3.77. The fourth-order valence-electron chi connectivity index (χ4n) is 2.82. The highest BCUT2D eigenvalue weighted by atomic mass is 15.0. The van der Waals surface area contributed by atoms with E-state index >= 15 is 0 Å². The summed E-state index contributed by atoms with van der Waals surface area (Å²) in [6.07, 6.45) is 8.04. The van der Waals surface area contributed by atoms with Crippen molar-refractivity contribution in [3.05, 3.63) is 0 Å². The zero-order valence-electron chi connectivity index (χ0n) is 11.3. The van der Waals surface area contributed by atoms with Crippen LogP contribution >= 0.6 is 0 Å². The Hall–Kier alpha value is -0.0800. The zero-order valence-corrected chi connectivity index (χ0v) is 11.3. The van der Waals surface area contributed by atoms with Gasteiger partial charge in [-0.2, -0.15) is 0 Å². The van der Waals surface area contributed by atoms with Crippen LogP contribution in [0.1, 0.15) is 59.3 Å². The van der Waals surface area contributed by atoms with Crippen LogP contribution in [0.3, 0.4) is 0 Å². The fraction of sp³-hybridized carbons (Fsp3) is 1.00. The number of nitrogens with one attached hydrogen (secondary N) is 1. The molecule has 2 nitrogen and oxygen atoms in total. The highest BCUT2D eigenvalue weighted by Gasteiger charge is 2.26. The van der Waals surface area contributed by atoms with E-state index in [1.807, 2.05) is 0 Å². The van der Waals surface area contributed by atoms with Crippen LogP contribution in [-0.4, -0.2) is 18.6 Å². The molecule has 1 fully saturated rings. The van der Waals surface area contributed by atoms with Gasteiger partial charge in [0.15, 0.2) is 0 Å². The maximum absolute atomic E-state index is 5.80. The van der Waals surface area contributed by atoms with Crippen LogP contribution in [0.25, 0.3) is 0 Å². The van der Waals surface area contributed by atoms with Crippen LogP contribution in [-0.2, 0) is 0 Å². The van der Waals surface area contributed by atoms with Gasteiger partial charge < -0.3 is 11.1 Å². The molecule has 0 aromatic rings. The van der Waals surface area contributed by atoms with Gasteiger partial charge in [-0.25, -0.2) is 0 Å². The minimum atomic E-state index is 0.663. The van der Waals surface area contributed by atoms with Crippen molar-refractivity contribution >= 4 is 0 Å². The molecule has 96 valence electrons. The van der Waals surface area contributed by atoms with Gasteiger partial charge in [0.2, 0.25) is 0 Å². The Morgan fingerprint density at radius 3 is 2.56 bits per heavy atom. The van der Waals surface area contributed by atoms with E-state index in [0.29, 0.717) is 12.1 Å². The summed E-state index contributed by atoms with van der Waals surface area (Å²) in [6, 6.07) is 1.36. The Kier molecular flexibility index (Phi) is 6.37. The molecule has 0 saturated heterocycles. The third kappa shape index (κ3) is 4.84. The SMILES string of the molecule is CC(C)CCCC(C)NC1CCCC1CN. The summed E-state index contributed by atoms with van der Waals surface area (Å²) in [5.74, 6) is 1.57. The molecule has 1 rings (SSSR count). The molecule has 3 N–H and O–H groups in total. The Bertz CT molecular complexity index is 180. The summed E-state index contributed by atoms with van der Waals surface area (Å²) in [4.78, 5) is 0. The van der Waals surface area contributed by atoms with Crippen LogP contribution in [0.4, 0.5) is 0 Å². The zero-order chi connectivity index (χ0) is 12.0. The standard InChI is InChI=1S/C14H30N2/c1-11(2)6-4-7-12(3)16-14-9-5-8-13(14)10-15/h11-14,16H,4-10,15H2,1-3H3. The van der Waals surface area contributed by atoms with Crippen molar-refractivity contribution in [2.75, 3.05) is 6.54 Å². The van der Waals surface area contributed by atoms with Crippen molar-refractivity contribution in [3.63, 3.8) is 0 Å². The molecule has 2 heteroatoms. The highest BCUT2D eigenvalue weighted by molar-refractivity contribution is 4.85. The van der Waals surface area contributed by atoms with E-state index in [1.165, 1.54) is 38.5 Å². The molecule has 3 atom stereocenters. The first-order valence-corrected chi connectivity index (χ1v) is 7.09. The molecule has 1 saturated carbocycles. The van der Waals surface area contributed by atoms with Crippen molar-refractivity contribution < 1.29 is 0 Å². The van der Waals surface area contributed by atoms with Crippen LogP contribution in [0.2, 0.25) is 0 Å². The first-order valence-electron chi connectivity index (χ1n) is 7.09. The second-order valence-electron chi connectivity index (χ2n) is 5.93. The maximum Gasteiger partial charge on any atom is 0.0110 e. The largest absolute Gasteiger partial charge is 0.330 e. The molecule has 0 aromatic carbocycles. The van der Waals surface area contributed by atoms with Gasteiger partial charge in [-0.1, -0.05) is 33.1 Å². The van der Waals surface area contributed by atoms with Crippen molar-refractivity contribution in [1.82, 2.24) is 5.32 Å². The molecule has 3 unspecified atom stereocenters. The smallest absolute Gasteiger partial charge is 0.0110 e. The molecule has 16 heavy (non-hydrogen) atoms. The Balaban J connectivity index is 2.15. The molecule has 0 radical (unpaired) electrons. The topological polar surface area (TPSA) is 38.0 Å². The minimum Gasteiger partial charge on any atom is -0.330 e. The van der Waals surface area contributed by atoms with Crippen LogP contribution in [0, 0.1) is 11.8 Å². The Labute approximate surface area is 101 Å². The fourth-order valence-corrected chi connectivity index (χ4v) is 2.82. The van der Waals surface area contributed by atoms with E-state index in [-0.39, 0.29) is 0 Å². The summed E-state index contributed by atoms with van der Waals surface area (Å²) in [5.41, 5.74) is 5.80. The second kappa shape index (κ2) is 7.29. The first-order chi connectivity index (χ1) is 7.63. The summed E-state index contributed by atoms with van der Waals surface area (Å²) in [6.45, 7) is 7.79. The van der Waals surface area contributed by atoms with E-state index in [2.05, 4.69) is 26.1 Å². The minimum absolute atomic E-state index is 0.663. The summed E-state index contributed by atoms with van der Waals surface area (Å²) < 4.78 is 0. The average Bonchev–Trinajstić information content (AvgIpc) is 2.64. The molecule has 1 aliphatic carbocycles. The molecule has 0 heterocycles. The summed E-state index contributed by atoms with van der Waals surface area (Å²) in [7, 11) is 0. The van der Waals surface area contributed by atoms with Gasteiger partial charge in [0.25, 0.3) is 0 Å². The quantitative estimate of drug-likeness (QED) is 0.700. The third-order valence-electron chi connectivity index (χ3n) is 3.88. The van der Waals surface area contributed by atoms with E-state index in [9.17, 15) is 0 Å². The first kappa shape index (κ1) is 14.0. The van der Waals surface area contributed by atoms with Crippen molar-refractivity contribution in [1.29, 1.82) is 0 Å². The monoisotopic (exact) mass is 226 g/mol. The van der Waals surface area contributed by atoms with Gasteiger partial charge in [-0.3, -0.25) is 0 Å². The van der Waals surface area contributed by atoms with Gasteiger partial charge in [-0.15, -0.1) is 0 Å². The molecule has 0 amide bonds. The number of hydrogen-bond donors (Lipinski definition) is 2. The maximum atomic E-state index is 5.80. The van der Waals surface area contributed by atoms with Crippen molar-refractivity contribution in [3.8, 4) is 0 Å². The van der Waals surface area contributed by atoms with Gasteiger partial charge in [0.1, 0.15) is 0 Å². The number of hydrogen-bond acceptors (Lipinski definition) is 2. The lowest BCUT2D eigenvalue weighted by Crippen LogP contribution is -2.41. The van der Waals surface area contributed by atoms with Gasteiger partial charge >= 0.3 is 0 Å². The molecule has 0 aliphatic heterocycles. The predicted octanol–water partition coefficient (Wildman–Crippen LogP) is 2.92. The van der Waals surface area contributed by atoms with Crippen LogP contribution in [0.15, 0.2) is 0 Å². The highest BCUT2D eigenvalue weighted by Crippen LogP contribution is 2.25. The van der Waals surface area contributed by atoms with Crippen molar-refractivity contribution in [2.24, 2.45) is 17.6 Å². The number of rotatable bonds is 7. The van der Waals surface area contributed by atoms with E-state index in [4.69, 9.17) is 5.73 Å². The molecule has 1 aliphatic rings. The second-order valence-corrected chi connectivity index (χ2v) is 5.93. The lowest BCUT2D eigenvalue weighted by atomic mass is 10.0. The lowest BCUT2D eigenvalue weighted by molar-refractivity contribution is 0.350. The molecular formula is C14H30N2. The van der Waals surface area contributed by atoms with E-state index in [0.717, 1.165) is 18.4 Å². The molecule has 0 spiro atoms. The van der Waals surface area contributed by atoms with E-state index < -0.39 is 0 Å². The van der Waals surface area contributed by atoms with Crippen LogP contribution in [0.5, 0.6) is 0 Å². The lowest BCUT2D eigenvalue weighted by Gasteiger charge is -2.24.